The standard InChI is InChI=1S/C19H12N4O4/c20-11-17-15(12-5-2-1-3-6-12)10-16(19(18(17)21)23(26)27)13-7-4-8-14(9-13)22(24)25/h1-10H,21H2. The summed E-state index contributed by atoms with van der Waals surface area (Å²) in [6.07, 6.45) is 0. The molecular formula is C19H12N4O4. The molecule has 0 fully saturated rings. The molecule has 0 aliphatic rings. The molecule has 8 nitrogen and oxygen atoms in total. The van der Waals surface area contributed by atoms with Gasteiger partial charge in [0.2, 0.25) is 0 Å². The first-order valence-electron chi connectivity index (χ1n) is 7.75. The average molecular weight is 360 g/mol. The fourth-order valence-electron chi connectivity index (χ4n) is 2.86. The molecule has 0 aromatic heterocycles. The van der Waals surface area contributed by atoms with E-state index in [1.54, 1.807) is 30.3 Å². The van der Waals surface area contributed by atoms with Crippen molar-refractivity contribution >= 4 is 17.1 Å². The Kier molecular flexibility index (Phi) is 4.51. The molecule has 0 spiro atoms. The van der Waals surface area contributed by atoms with Gasteiger partial charge in [0.1, 0.15) is 11.8 Å². The zero-order valence-electron chi connectivity index (χ0n) is 13.8. The van der Waals surface area contributed by atoms with Gasteiger partial charge in [0.05, 0.1) is 21.0 Å². The molecule has 132 valence electrons. The van der Waals surface area contributed by atoms with Crippen LogP contribution in [0.2, 0.25) is 0 Å². The topological polar surface area (TPSA) is 136 Å². The van der Waals surface area contributed by atoms with Gasteiger partial charge in [-0.2, -0.15) is 5.26 Å². The van der Waals surface area contributed by atoms with Crippen LogP contribution in [0, 0.1) is 31.6 Å². The van der Waals surface area contributed by atoms with Crippen molar-refractivity contribution in [2.45, 2.75) is 0 Å². The van der Waals surface area contributed by atoms with Crippen LogP contribution >= 0.6 is 0 Å². The molecule has 0 saturated heterocycles. The van der Waals surface area contributed by atoms with Gasteiger partial charge in [-0.1, -0.05) is 42.5 Å². The van der Waals surface area contributed by atoms with E-state index in [2.05, 4.69) is 0 Å². The minimum absolute atomic E-state index is 0.0120. The second-order valence-electron chi connectivity index (χ2n) is 5.65. The van der Waals surface area contributed by atoms with Gasteiger partial charge in [0.25, 0.3) is 5.69 Å². The maximum Gasteiger partial charge on any atom is 0.301 e. The Balaban J connectivity index is 2.38. The van der Waals surface area contributed by atoms with E-state index in [1.807, 2.05) is 6.07 Å². The van der Waals surface area contributed by atoms with Gasteiger partial charge in [0.15, 0.2) is 0 Å². The number of anilines is 1. The average Bonchev–Trinajstić information content (AvgIpc) is 2.67. The molecule has 0 atom stereocenters. The van der Waals surface area contributed by atoms with Gasteiger partial charge in [-0.3, -0.25) is 20.2 Å². The van der Waals surface area contributed by atoms with Gasteiger partial charge in [-0.15, -0.1) is 0 Å². The van der Waals surface area contributed by atoms with E-state index in [0.717, 1.165) is 0 Å². The highest BCUT2D eigenvalue weighted by Gasteiger charge is 2.26. The molecule has 0 radical (unpaired) electrons. The maximum absolute atomic E-state index is 11.6. The van der Waals surface area contributed by atoms with Crippen LogP contribution in [-0.2, 0) is 0 Å². The van der Waals surface area contributed by atoms with E-state index < -0.39 is 15.5 Å². The largest absolute Gasteiger partial charge is 0.392 e. The van der Waals surface area contributed by atoms with E-state index in [-0.39, 0.29) is 28.1 Å². The number of rotatable bonds is 4. The predicted molar refractivity (Wildman–Crippen MR) is 99.8 cm³/mol. The Labute approximate surface area is 153 Å². The summed E-state index contributed by atoms with van der Waals surface area (Å²) >= 11 is 0. The Hall–Kier alpha value is -4.25. The number of nitrogen functional groups attached to an aromatic ring is 1. The number of nitro benzene ring substituents is 2. The molecule has 0 bridgehead atoms. The van der Waals surface area contributed by atoms with Gasteiger partial charge in [-0.25, -0.2) is 0 Å². The zero-order chi connectivity index (χ0) is 19.6. The van der Waals surface area contributed by atoms with Gasteiger partial charge >= 0.3 is 5.69 Å². The number of nitrogens with zero attached hydrogens (tertiary/aromatic N) is 3. The SMILES string of the molecule is N#Cc1c(-c2ccccc2)cc(-c2cccc([N+](=O)[O-])c2)c([N+](=O)[O-])c1N. The summed E-state index contributed by atoms with van der Waals surface area (Å²) in [4.78, 5) is 21.4. The smallest absolute Gasteiger partial charge is 0.301 e. The molecule has 8 heteroatoms. The lowest BCUT2D eigenvalue weighted by Gasteiger charge is -2.12. The second kappa shape index (κ2) is 6.93. The summed E-state index contributed by atoms with van der Waals surface area (Å²) in [5.74, 6) is 0. The third kappa shape index (κ3) is 3.17. The quantitative estimate of drug-likeness (QED) is 0.418. The fraction of sp³-hybridized carbons (Fsp3) is 0. The first kappa shape index (κ1) is 17.6. The lowest BCUT2D eigenvalue weighted by molar-refractivity contribution is -0.384. The molecular weight excluding hydrogens is 348 g/mol. The first-order valence-corrected chi connectivity index (χ1v) is 7.75. The van der Waals surface area contributed by atoms with E-state index in [1.165, 1.54) is 30.3 Å². The number of non-ortho nitro benzene ring substituents is 1. The van der Waals surface area contributed by atoms with Crippen LogP contribution in [0.4, 0.5) is 17.1 Å². The van der Waals surface area contributed by atoms with Crippen molar-refractivity contribution in [3.63, 3.8) is 0 Å². The number of hydrogen-bond acceptors (Lipinski definition) is 6. The minimum Gasteiger partial charge on any atom is -0.392 e. The summed E-state index contributed by atoms with van der Waals surface area (Å²) < 4.78 is 0. The highest BCUT2D eigenvalue weighted by molar-refractivity contribution is 5.92. The Morgan fingerprint density at radius 1 is 0.852 bits per heavy atom. The molecule has 27 heavy (non-hydrogen) atoms. The van der Waals surface area contributed by atoms with Crippen LogP contribution < -0.4 is 5.73 Å². The van der Waals surface area contributed by atoms with Crippen LogP contribution in [0.5, 0.6) is 0 Å². The number of hydrogen-bond donors (Lipinski definition) is 1. The molecule has 3 rings (SSSR count). The van der Waals surface area contributed by atoms with Gasteiger partial charge in [-0.05, 0) is 17.2 Å². The third-order valence-electron chi connectivity index (χ3n) is 4.08. The summed E-state index contributed by atoms with van der Waals surface area (Å²) in [5, 5.41) is 32.2. The molecule has 0 saturated carbocycles. The number of nitrogens with two attached hydrogens (primary N) is 1. The Bertz CT molecular complexity index is 1100. The summed E-state index contributed by atoms with van der Waals surface area (Å²) in [6.45, 7) is 0. The number of nitriles is 1. The van der Waals surface area contributed by atoms with Crippen LogP contribution in [-0.4, -0.2) is 9.85 Å². The maximum atomic E-state index is 11.6. The van der Waals surface area contributed by atoms with E-state index in [9.17, 15) is 25.5 Å². The van der Waals surface area contributed by atoms with Crippen LogP contribution in [0.3, 0.4) is 0 Å². The van der Waals surface area contributed by atoms with Crippen molar-refractivity contribution in [1.82, 2.24) is 0 Å². The van der Waals surface area contributed by atoms with Crippen molar-refractivity contribution in [1.29, 1.82) is 5.26 Å². The molecule has 0 amide bonds. The lowest BCUT2D eigenvalue weighted by Crippen LogP contribution is -2.03. The molecule has 3 aromatic carbocycles. The van der Waals surface area contributed by atoms with Crippen molar-refractivity contribution in [3.05, 3.63) is 86.5 Å². The van der Waals surface area contributed by atoms with Crippen LogP contribution in [0.25, 0.3) is 22.3 Å². The third-order valence-corrected chi connectivity index (χ3v) is 4.08. The first-order chi connectivity index (χ1) is 12.9. The van der Waals surface area contributed by atoms with Gasteiger partial charge in [0, 0.05) is 17.7 Å². The Morgan fingerprint density at radius 3 is 2.11 bits per heavy atom. The van der Waals surface area contributed by atoms with Gasteiger partial charge < -0.3 is 5.73 Å². The number of benzene rings is 3. The molecule has 3 aromatic rings. The van der Waals surface area contributed by atoms with E-state index in [0.29, 0.717) is 11.1 Å². The molecule has 0 heterocycles. The summed E-state index contributed by atoms with van der Waals surface area (Å²) in [5.41, 5.74) is 6.48. The summed E-state index contributed by atoms with van der Waals surface area (Å²) in [7, 11) is 0. The van der Waals surface area contributed by atoms with E-state index in [4.69, 9.17) is 5.73 Å². The molecule has 0 aliphatic carbocycles. The molecule has 0 aliphatic heterocycles. The molecule has 0 unspecified atom stereocenters. The minimum atomic E-state index is -0.681. The fourth-order valence-corrected chi connectivity index (χ4v) is 2.86. The predicted octanol–water partition coefficient (Wildman–Crippen LogP) is 4.29. The van der Waals surface area contributed by atoms with Crippen molar-refractivity contribution in [3.8, 4) is 28.3 Å². The monoisotopic (exact) mass is 360 g/mol. The van der Waals surface area contributed by atoms with Crippen molar-refractivity contribution in [2.75, 3.05) is 5.73 Å². The van der Waals surface area contributed by atoms with Crippen LogP contribution in [0.1, 0.15) is 5.56 Å². The normalized spacial score (nSPS) is 10.2. The number of nitro groups is 2. The highest BCUT2D eigenvalue weighted by atomic mass is 16.6. The Morgan fingerprint density at radius 2 is 1.52 bits per heavy atom. The van der Waals surface area contributed by atoms with Crippen molar-refractivity contribution in [2.24, 2.45) is 0 Å². The molecule has 2 N–H and O–H groups in total. The van der Waals surface area contributed by atoms with E-state index >= 15 is 0 Å². The highest BCUT2D eigenvalue weighted by Crippen LogP contribution is 2.42. The second-order valence-corrected chi connectivity index (χ2v) is 5.65. The van der Waals surface area contributed by atoms with Crippen LogP contribution in [0.15, 0.2) is 60.7 Å². The lowest BCUT2D eigenvalue weighted by atomic mass is 9.92. The summed E-state index contributed by atoms with van der Waals surface area (Å²) in [6, 6.07) is 17.7. The van der Waals surface area contributed by atoms with Crippen molar-refractivity contribution < 1.29 is 9.85 Å². The zero-order valence-corrected chi connectivity index (χ0v) is 13.8.